The molecule has 2 rings (SSSR count). The summed E-state index contributed by atoms with van der Waals surface area (Å²) in [7, 11) is 0. The third kappa shape index (κ3) is 4.68. The molecule has 0 aliphatic carbocycles. The van der Waals surface area contributed by atoms with Crippen molar-refractivity contribution in [3.63, 3.8) is 0 Å². The van der Waals surface area contributed by atoms with E-state index in [4.69, 9.17) is 0 Å². The lowest BCUT2D eigenvalue weighted by molar-refractivity contribution is 0.574. The summed E-state index contributed by atoms with van der Waals surface area (Å²) < 4.78 is 13.4. The molecule has 0 spiro atoms. The molecule has 1 nitrogen and oxygen atoms in total. The Morgan fingerprint density at radius 1 is 1.10 bits per heavy atom. The lowest BCUT2D eigenvalue weighted by Gasteiger charge is -2.18. The van der Waals surface area contributed by atoms with Crippen molar-refractivity contribution in [3.8, 4) is 0 Å². The second kappa shape index (κ2) is 7.94. The van der Waals surface area contributed by atoms with Gasteiger partial charge in [-0.25, -0.2) is 4.39 Å². The van der Waals surface area contributed by atoms with E-state index in [2.05, 4.69) is 36.5 Å². The van der Waals surface area contributed by atoms with Crippen LogP contribution in [0.3, 0.4) is 0 Å². The van der Waals surface area contributed by atoms with E-state index in [0.29, 0.717) is 5.92 Å². The van der Waals surface area contributed by atoms with Crippen LogP contribution in [-0.4, -0.2) is 13.1 Å². The van der Waals surface area contributed by atoms with Gasteiger partial charge in [0.15, 0.2) is 0 Å². The smallest absolute Gasteiger partial charge is 0.126 e. The van der Waals surface area contributed by atoms with Crippen LogP contribution in [0, 0.1) is 12.7 Å². The molecule has 1 atom stereocenters. The Balaban J connectivity index is 2.13. The number of rotatable bonds is 7. The van der Waals surface area contributed by atoms with E-state index >= 15 is 0 Å². The van der Waals surface area contributed by atoms with Crippen molar-refractivity contribution in [1.82, 2.24) is 5.32 Å². The summed E-state index contributed by atoms with van der Waals surface area (Å²) in [6.45, 7) is 5.99. The first-order chi connectivity index (χ1) is 10.2. The van der Waals surface area contributed by atoms with Gasteiger partial charge < -0.3 is 5.32 Å². The molecule has 0 aliphatic rings. The van der Waals surface area contributed by atoms with Gasteiger partial charge in [-0.1, -0.05) is 49.4 Å². The Labute approximate surface area is 127 Å². The van der Waals surface area contributed by atoms with Crippen molar-refractivity contribution in [1.29, 1.82) is 0 Å². The number of hydrogen-bond acceptors (Lipinski definition) is 1. The standard InChI is InChI=1S/C19H24FN/c1-3-11-21-14-18(17-7-5-4-6-8-17)13-16-9-10-19(20)15(2)12-16/h4-10,12,18,21H,3,11,13-14H2,1-2H3. The van der Waals surface area contributed by atoms with Gasteiger partial charge in [-0.2, -0.15) is 0 Å². The summed E-state index contributed by atoms with van der Waals surface area (Å²) in [5.74, 6) is 0.293. The number of benzene rings is 2. The first kappa shape index (κ1) is 15.7. The highest BCUT2D eigenvalue weighted by atomic mass is 19.1. The number of aryl methyl sites for hydroxylation is 1. The molecule has 0 saturated heterocycles. The Bertz CT molecular complexity index is 551. The van der Waals surface area contributed by atoms with Crippen LogP contribution in [-0.2, 0) is 6.42 Å². The van der Waals surface area contributed by atoms with Crippen molar-refractivity contribution in [2.24, 2.45) is 0 Å². The average Bonchev–Trinajstić information content (AvgIpc) is 2.51. The van der Waals surface area contributed by atoms with E-state index in [0.717, 1.165) is 31.5 Å². The summed E-state index contributed by atoms with van der Waals surface area (Å²) in [4.78, 5) is 0. The lowest BCUT2D eigenvalue weighted by Crippen LogP contribution is -2.23. The Morgan fingerprint density at radius 3 is 2.52 bits per heavy atom. The van der Waals surface area contributed by atoms with Crippen molar-refractivity contribution < 1.29 is 4.39 Å². The van der Waals surface area contributed by atoms with Crippen molar-refractivity contribution in [2.45, 2.75) is 32.6 Å². The van der Waals surface area contributed by atoms with E-state index in [1.165, 1.54) is 11.1 Å². The van der Waals surface area contributed by atoms with Gasteiger partial charge in [0.1, 0.15) is 5.82 Å². The maximum absolute atomic E-state index is 13.4. The largest absolute Gasteiger partial charge is 0.316 e. The zero-order chi connectivity index (χ0) is 15.1. The van der Waals surface area contributed by atoms with Crippen molar-refractivity contribution >= 4 is 0 Å². The fraction of sp³-hybridized carbons (Fsp3) is 0.368. The molecule has 0 amide bonds. The van der Waals surface area contributed by atoms with E-state index < -0.39 is 0 Å². The van der Waals surface area contributed by atoms with Gasteiger partial charge in [0, 0.05) is 12.5 Å². The van der Waals surface area contributed by atoms with Crippen LogP contribution in [0.1, 0.15) is 36.0 Å². The van der Waals surface area contributed by atoms with Crippen LogP contribution < -0.4 is 5.32 Å². The number of nitrogens with one attached hydrogen (secondary N) is 1. The van der Waals surface area contributed by atoms with Crippen LogP contribution in [0.5, 0.6) is 0 Å². The molecule has 0 radical (unpaired) electrons. The molecule has 0 fully saturated rings. The van der Waals surface area contributed by atoms with E-state index in [1.54, 1.807) is 6.07 Å². The quantitative estimate of drug-likeness (QED) is 0.741. The van der Waals surface area contributed by atoms with E-state index in [1.807, 2.05) is 25.1 Å². The van der Waals surface area contributed by atoms with Crippen LogP contribution in [0.15, 0.2) is 48.5 Å². The second-order valence-corrected chi connectivity index (χ2v) is 5.60. The zero-order valence-electron chi connectivity index (χ0n) is 12.9. The van der Waals surface area contributed by atoms with Crippen molar-refractivity contribution in [3.05, 3.63) is 71.0 Å². The predicted molar refractivity (Wildman–Crippen MR) is 87.2 cm³/mol. The molecule has 0 aromatic heterocycles. The van der Waals surface area contributed by atoms with Crippen LogP contribution >= 0.6 is 0 Å². The van der Waals surface area contributed by atoms with Gasteiger partial charge in [0.2, 0.25) is 0 Å². The molecule has 112 valence electrons. The number of hydrogen-bond donors (Lipinski definition) is 1. The summed E-state index contributed by atoms with van der Waals surface area (Å²) in [6.07, 6.45) is 2.07. The predicted octanol–water partition coefficient (Wildman–Crippen LogP) is 4.46. The van der Waals surface area contributed by atoms with Crippen LogP contribution in [0.25, 0.3) is 0 Å². The highest BCUT2D eigenvalue weighted by Gasteiger charge is 2.12. The molecule has 0 bridgehead atoms. The summed E-state index contributed by atoms with van der Waals surface area (Å²) in [5, 5.41) is 3.51. The molecule has 2 aromatic carbocycles. The monoisotopic (exact) mass is 285 g/mol. The second-order valence-electron chi connectivity index (χ2n) is 5.60. The Morgan fingerprint density at radius 2 is 1.86 bits per heavy atom. The van der Waals surface area contributed by atoms with Gasteiger partial charge in [-0.3, -0.25) is 0 Å². The Hall–Kier alpha value is -1.67. The SMILES string of the molecule is CCCNCC(Cc1ccc(F)c(C)c1)c1ccccc1. The molecule has 1 unspecified atom stereocenters. The van der Waals surface area contributed by atoms with Gasteiger partial charge >= 0.3 is 0 Å². The number of halogens is 1. The normalized spacial score (nSPS) is 12.3. The highest BCUT2D eigenvalue weighted by Crippen LogP contribution is 2.21. The third-order valence-corrected chi connectivity index (χ3v) is 3.79. The minimum atomic E-state index is -0.126. The maximum atomic E-state index is 13.4. The van der Waals surface area contributed by atoms with Gasteiger partial charge in [0.25, 0.3) is 0 Å². The molecule has 1 N–H and O–H groups in total. The molecule has 0 saturated carbocycles. The Kier molecular flexibility index (Phi) is 5.94. The summed E-state index contributed by atoms with van der Waals surface area (Å²) in [6, 6.07) is 16.0. The fourth-order valence-corrected chi connectivity index (χ4v) is 2.60. The van der Waals surface area contributed by atoms with Crippen molar-refractivity contribution in [2.75, 3.05) is 13.1 Å². The fourth-order valence-electron chi connectivity index (χ4n) is 2.60. The molecule has 2 aromatic rings. The molecule has 21 heavy (non-hydrogen) atoms. The third-order valence-electron chi connectivity index (χ3n) is 3.79. The summed E-state index contributed by atoms with van der Waals surface area (Å²) >= 11 is 0. The molecule has 0 heterocycles. The van der Waals surface area contributed by atoms with Gasteiger partial charge in [0.05, 0.1) is 0 Å². The maximum Gasteiger partial charge on any atom is 0.126 e. The van der Waals surface area contributed by atoms with Gasteiger partial charge in [-0.05, 0) is 49.1 Å². The molecular formula is C19H24FN. The first-order valence-electron chi connectivity index (χ1n) is 7.71. The molecular weight excluding hydrogens is 261 g/mol. The minimum Gasteiger partial charge on any atom is -0.316 e. The molecule has 2 heteroatoms. The first-order valence-corrected chi connectivity index (χ1v) is 7.71. The average molecular weight is 285 g/mol. The topological polar surface area (TPSA) is 12.0 Å². The zero-order valence-corrected chi connectivity index (χ0v) is 12.9. The molecule has 0 aliphatic heterocycles. The highest BCUT2D eigenvalue weighted by molar-refractivity contribution is 5.28. The van der Waals surface area contributed by atoms with E-state index in [9.17, 15) is 4.39 Å². The van der Waals surface area contributed by atoms with Gasteiger partial charge in [-0.15, -0.1) is 0 Å². The van der Waals surface area contributed by atoms with Crippen LogP contribution in [0.2, 0.25) is 0 Å². The lowest BCUT2D eigenvalue weighted by atomic mass is 9.91. The minimum absolute atomic E-state index is 0.126. The van der Waals surface area contributed by atoms with E-state index in [-0.39, 0.29) is 5.82 Å². The van der Waals surface area contributed by atoms with Crippen LogP contribution in [0.4, 0.5) is 4.39 Å². The summed E-state index contributed by atoms with van der Waals surface area (Å²) in [5.41, 5.74) is 3.25.